The third-order valence-electron chi connectivity index (χ3n) is 5.31. The number of nitrogens with zero attached hydrogens (tertiary/aromatic N) is 4. The highest BCUT2D eigenvalue weighted by Gasteiger charge is 2.23. The normalized spacial score (nSPS) is 15.9. The fourth-order valence-corrected chi connectivity index (χ4v) is 4.68. The summed E-state index contributed by atoms with van der Waals surface area (Å²) < 4.78 is 8.26. The van der Waals surface area contributed by atoms with Crippen LogP contribution in [0.15, 0.2) is 89.5 Å². The van der Waals surface area contributed by atoms with Crippen molar-refractivity contribution in [2.45, 2.75) is 6.10 Å². The van der Waals surface area contributed by atoms with Gasteiger partial charge in [0.2, 0.25) is 4.96 Å². The van der Waals surface area contributed by atoms with Gasteiger partial charge in [-0.25, -0.2) is 0 Å². The van der Waals surface area contributed by atoms with Crippen molar-refractivity contribution in [3.63, 3.8) is 0 Å². The summed E-state index contributed by atoms with van der Waals surface area (Å²) in [5.41, 5.74) is 3.55. The van der Waals surface area contributed by atoms with Gasteiger partial charge in [-0.2, -0.15) is 9.50 Å². The van der Waals surface area contributed by atoms with Crippen molar-refractivity contribution in [2.75, 3.05) is 0 Å². The number of thiazole rings is 1. The second-order valence-electron chi connectivity index (χ2n) is 7.37. The molecule has 154 valence electrons. The molecule has 1 atom stereocenters. The highest BCUT2D eigenvalue weighted by Crippen LogP contribution is 2.37. The molecule has 0 N–H and O–H groups in total. The molecular formula is C25H16N4O2S. The number of benzene rings is 2. The molecule has 1 unspecified atom stereocenters. The molecule has 7 heteroatoms. The molecule has 1 aliphatic rings. The first-order valence-corrected chi connectivity index (χ1v) is 10.9. The van der Waals surface area contributed by atoms with Crippen LogP contribution in [0.25, 0.3) is 28.5 Å². The fourth-order valence-electron chi connectivity index (χ4n) is 3.77. The van der Waals surface area contributed by atoms with Crippen molar-refractivity contribution >= 4 is 28.4 Å². The zero-order chi connectivity index (χ0) is 21.5. The van der Waals surface area contributed by atoms with Crippen LogP contribution in [0.4, 0.5) is 0 Å². The molecule has 6 nitrogen and oxygen atoms in total. The summed E-state index contributed by atoms with van der Waals surface area (Å²) in [6, 6.07) is 21.5. The SMILES string of the molecule is O=c1/c(=C\C2=Cc3ccccc3OC2c2ccccc2)sc2nc(-c3ccncc3)nn12. The molecule has 2 aromatic carbocycles. The molecule has 5 aromatic rings. The number of hydrogen-bond acceptors (Lipinski definition) is 6. The zero-order valence-electron chi connectivity index (χ0n) is 16.8. The van der Waals surface area contributed by atoms with E-state index < -0.39 is 0 Å². The average Bonchev–Trinajstić information content (AvgIpc) is 3.39. The Labute approximate surface area is 186 Å². The summed E-state index contributed by atoms with van der Waals surface area (Å²) in [4.78, 5) is 22.2. The van der Waals surface area contributed by atoms with E-state index in [9.17, 15) is 4.79 Å². The summed E-state index contributed by atoms with van der Waals surface area (Å²) in [7, 11) is 0. The number of para-hydroxylation sites is 1. The van der Waals surface area contributed by atoms with Gasteiger partial charge in [-0.3, -0.25) is 9.78 Å². The van der Waals surface area contributed by atoms with Crippen molar-refractivity contribution in [3.8, 4) is 17.1 Å². The predicted octanol–water partition coefficient (Wildman–Crippen LogP) is 3.93. The lowest BCUT2D eigenvalue weighted by Crippen LogP contribution is -2.25. The first-order valence-electron chi connectivity index (χ1n) is 10.1. The second kappa shape index (κ2) is 7.55. The van der Waals surface area contributed by atoms with Crippen LogP contribution in [0.2, 0.25) is 0 Å². The topological polar surface area (TPSA) is 69.4 Å². The van der Waals surface area contributed by atoms with Gasteiger partial charge in [0, 0.05) is 23.5 Å². The molecule has 6 rings (SSSR count). The van der Waals surface area contributed by atoms with Gasteiger partial charge in [0.05, 0.1) is 4.53 Å². The molecule has 0 aliphatic carbocycles. The van der Waals surface area contributed by atoms with E-state index in [1.807, 2.05) is 72.8 Å². The Morgan fingerprint density at radius 1 is 0.969 bits per heavy atom. The van der Waals surface area contributed by atoms with E-state index in [-0.39, 0.29) is 11.7 Å². The highest BCUT2D eigenvalue weighted by molar-refractivity contribution is 7.15. The Morgan fingerprint density at radius 2 is 1.75 bits per heavy atom. The third-order valence-corrected chi connectivity index (χ3v) is 6.27. The molecule has 0 bridgehead atoms. The van der Waals surface area contributed by atoms with Gasteiger partial charge in [0.25, 0.3) is 5.56 Å². The van der Waals surface area contributed by atoms with Crippen molar-refractivity contribution in [1.82, 2.24) is 19.6 Å². The zero-order valence-corrected chi connectivity index (χ0v) is 17.6. The number of hydrogen-bond donors (Lipinski definition) is 0. The van der Waals surface area contributed by atoms with E-state index >= 15 is 0 Å². The molecular weight excluding hydrogens is 420 g/mol. The Bertz CT molecular complexity index is 1570. The summed E-state index contributed by atoms with van der Waals surface area (Å²) in [5.74, 6) is 1.34. The Kier molecular flexibility index (Phi) is 4.40. The first kappa shape index (κ1) is 18.7. The van der Waals surface area contributed by atoms with Crippen molar-refractivity contribution in [2.24, 2.45) is 0 Å². The lowest BCUT2D eigenvalue weighted by atomic mass is 9.96. The minimum absolute atomic E-state index is 0.190. The maximum atomic E-state index is 13.1. The second-order valence-corrected chi connectivity index (χ2v) is 8.38. The van der Waals surface area contributed by atoms with E-state index in [0.29, 0.717) is 15.3 Å². The molecule has 32 heavy (non-hydrogen) atoms. The largest absolute Gasteiger partial charge is 0.480 e. The fraction of sp³-hybridized carbons (Fsp3) is 0.0400. The number of ether oxygens (including phenoxy) is 1. The van der Waals surface area contributed by atoms with Crippen LogP contribution in [-0.2, 0) is 0 Å². The molecule has 0 radical (unpaired) electrons. The Hall–Kier alpha value is -4.10. The van der Waals surface area contributed by atoms with E-state index in [1.54, 1.807) is 12.4 Å². The predicted molar refractivity (Wildman–Crippen MR) is 124 cm³/mol. The molecule has 3 aromatic heterocycles. The van der Waals surface area contributed by atoms with Crippen LogP contribution in [-0.4, -0.2) is 19.6 Å². The van der Waals surface area contributed by atoms with Crippen LogP contribution in [0, 0.1) is 0 Å². The summed E-state index contributed by atoms with van der Waals surface area (Å²) >= 11 is 1.32. The number of fused-ring (bicyclic) bond motifs is 2. The number of pyridine rings is 1. The monoisotopic (exact) mass is 436 g/mol. The van der Waals surface area contributed by atoms with Crippen LogP contribution in [0.3, 0.4) is 0 Å². The Balaban J connectivity index is 1.48. The maximum absolute atomic E-state index is 13.1. The number of rotatable bonds is 3. The van der Waals surface area contributed by atoms with Crippen LogP contribution < -0.4 is 14.8 Å². The number of aromatic nitrogens is 4. The highest BCUT2D eigenvalue weighted by atomic mass is 32.1. The average molecular weight is 436 g/mol. The van der Waals surface area contributed by atoms with Crippen LogP contribution in [0.5, 0.6) is 5.75 Å². The van der Waals surface area contributed by atoms with Gasteiger partial charge in [0.15, 0.2) is 5.82 Å². The lowest BCUT2D eigenvalue weighted by Gasteiger charge is -2.26. The molecule has 0 fully saturated rings. The molecule has 0 spiro atoms. The minimum atomic E-state index is -0.305. The van der Waals surface area contributed by atoms with Gasteiger partial charge in [-0.05, 0) is 41.5 Å². The van der Waals surface area contributed by atoms with Gasteiger partial charge in [0.1, 0.15) is 11.9 Å². The Morgan fingerprint density at radius 3 is 2.56 bits per heavy atom. The first-order chi connectivity index (χ1) is 15.8. The van der Waals surface area contributed by atoms with E-state index in [2.05, 4.69) is 21.1 Å². The standard InChI is InChI=1S/C25H16N4O2S/c30-24-21(32-25-27-23(28-29(24)25)17-10-12-26-13-11-17)15-19-14-18-8-4-5-9-20(18)31-22(19)16-6-2-1-3-7-16/h1-15,22H/b21-15+. The summed E-state index contributed by atoms with van der Waals surface area (Å²) in [5, 5.41) is 4.41. The van der Waals surface area contributed by atoms with Gasteiger partial charge < -0.3 is 4.74 Å². The molecule has 0 saturated heterocycles. The maximum Gasteiger partial charge on any atom is 0.291 e. The minimum Gasteiger partial charge on any atom is -0.480 e. The van der Waals surface area contributed by atoms with E-state index in [0.717, 1.165) is 28.0 Å². The smallest absolute Gasteiger partial charge is 0.291 e. The van der Waals surface area contributed by atoms with Crippen LogP contribution in [0.1, 0.15) is 17.2 Å². The molecule has 1 aliphatic heterocycles. The molecule has 0 saturated carbocycles. The quantitative estimate of drug-likeness (QED) is 0.429. The third kappa shape index (κ3) is 3.19. The van der Waals surface area contributed by atoms with E-state index in [1.165, 1.54) is 15.9 Å². The molecule has 4 heterocycles. The van der Waals surface area contributed by atoms with Crippen molar-refractivity contribution in [1.29, 1.82) is 0 Å². The lowest BCUT2D eigenvalue weighted by molar-refractivity contribution is 0.244. The summed E-state index contributed by atoms with van der Waals surface area (Å²) in [6.45, 7) is 0. The van der Waals surface area contributed by atoms with Crippen LogP contribution >= 0.6 is 11.3 Å². The van der Waals surface area contributed by atoms with Crippen molar-refractivity contribution in [3.05, 3.63) is 111 Å². The summed E-state index contributed by atoms with van der Waals surface area (Å²) in [6.07, 6.45) is 7.02. The van der Waals surface area contributed by atoms with Crippen molar-refractivity contribution < 1.29 is 4.74 Å². The van der Waals surface area contributed by atoms with Gasteiger partial charge >= 0.3 is 0 Å². The van der Waals surface area contributed by atoms with E-state index in [4.69, 9.17) is 4.74 Å². The van der Waals surface area contributed by atoms with Gasteiger partial charge in [-0.15, -0.1) is 5.10 Å². The molecule has 0 amide bonds. The van der Waals surface area contributed by atoms with Gasteiger partial charge in [-0.1, -0.05) is 59.9 Å².